The van der Waals surface area contributed by atoms with Crippen LogP contribution in [0.2, 0.25) is 0 Å². The molecule has 0 saturated heterocycles. The predicted molar refractivity (Wildman–Crippen MR) is 115 cm³/mol. The number of carbonyl (C=O) groups is 1. The molecule has 0 aliphatic heterocycles. The van der Waals surface area contributed by atoms with Crippen molar-refractivity contribution in [2.24, 2.45) is 5.73 Å². The second kappa shape index (κ2) is 10.2. The number of benzene rings is 2. The first-order valence-electron chi connectivity index (χ1n) is 10.1. The number of amides is 1. The zero-order valence-corrected chi connectivity index (χ0v) is 17.7. The van der Waals surface area contributed by atoms with Gasteiger partial charge in [-0.25, -0.2) is 4.39 Å². The van der Waals surface area contributed by atoms with Gasteiger partial charge in [0.2, 0.25) is 0 Å². The van der Waals surface area contributed by atoms with Gasteiger partial charge < -0.3 is 20.5 Å². The Morgan fingerprint density at radius 3 is 2.42 bits per heavy atom. The Labute approximate surface area is 188 Å². The minimum Gasteiger partial charge on any atom is -0.457 e. The van der Waals surface area contributed by atoms with Gasteiger partial charge in [-0.15, -0.1) is 13.2 Å². The van der Waals surface area contributed by atoms with Crippen molar-refractivity contribution < 1.29 is 31.8 Å². The molecule has 0 heterocycles. The molecule has 2 aromatic rings. The summed E-state index contributed by atoms with van der Waals surface area (Å²) in [6.45, 7) is 1.98. The van der Waals surface area contributed by atoms with E-state index in [2.05, 4.69) is 10.1 Å². The summed E-state index contributed by atoms with van der Waals surface area (Å²) in [5.74, 6) is -0.424. The summed E-state index contributed by atoms with van der Waals surface area (Å²) in [7, 11) is 0. The molecule has 3 N–H and O–H groups in total. The third kappa shape index (κ3) is 6.86. The first-order valence-corrected chi connectivity index (χ1v) is 10.1. The Kier molecular flexibility index (Phi) is 7.42. The lowest BCUT2D eigenvalue weighted by atomic mass is 10.1. The van der Waals surface area contributed by atoms with Crippen molar-refractivity contribution >= 4 is 5.91 Å². The third-order valence-corrected chi connectivity index (χ3v) is 4.80. The van der Waals surface area contributed by atoms with Crippen molar-refractivity contribution in [1.29, 1.82) is 0 Å². The molecule has 0 spiro atoms. The zero-order chi connectivity index (χ0) is 24.0. The average Bonchev–Trinajstić information content (AvgIpc) is 2.90. The van der Waals surface area contributed by atoms with Gasteiger partial charge >= 0.3 is 6.36 Å². The van der Waals surface area contributed by atoms with E-state index in [4.69, 9.17) is 10.5 Å². The summed E-state index contributed by atoms with van der Waals surface area (Å²) in [5.41, 5.74) is 7.76. The monoisotopic (exact) mass is 462 g/mol. The number of rotatable bonds is 7. The summed E-state index contributed by atoms with van der Waals surface area (Å²) >= 11 is 0. The highest BCUT2D eigenvalue weighted by atomic mass is 19.4. The molecule has 1 amide bonds. The van der Waals surface area contributed by atoms with E-state index in [1.807, 2.05) is 6.92 Å². The van der Waals surface area contributed by atoms with Crippen LogP contribution in [0.1, 0.15) is 25.3 Å². The average molecular weight is 462 g/mol. The normalized spacial score (nSPS) is 14.2. The quantitative estimate of drug-likeness (QED) is 0.510. The highest BCUT2D eigenvalue weighted by Crippen LogP contribution is 2.28. The number of alkyl halides is 3. The molecular weight excluding hydrogens is 440 g/mol. The molecular formula is C24H22F4N2O3. The molecule has 0 atom stereocenters. The maximum atomic E-state index is 14.0. The lowest BCUT2D eigenvalue weighted by Gasteiger charge is -2.12. The summed E-state index contributed by atoms with van der Waals surface area (Å²) in [4.78, 5) is 12.6. The van der Waals surface area contributed by atoms with Crippen molar-refractivity contribution in [2.45, 2.75) is 32.7 Å². The molecule has 0 saturated carbocycles. The van der Waals surface area contributed by atoms with E-state index < -0.39 is 12.3 Å². The maximum Gasteiger partial charge on any atom is 0.573 e. The molecule has 174 valence electrons. The smallest absolute Gasteiger partial charge is 0.457 e. The van der Waals surface area contributed by atoms with Gasteiger partial charge in [0, 0.05) is 18.7 Å². The SMILES string of the molecule is CCC1=C(F)C=CC(C(=O)NCc2cccc(Oc3ccc(OC(F)(F)F)cc3)c2)=C(N)C1. The standard InChI is InChI=1S/C24H22F4N2O3/c1-2-16-13-22(29)20(10-11-21(16)25)23(31)30-14-15-4-3-5-19(12-15)32-17-6-8-18(9-7-17)33-24(26,27)28/h3-12H,2,13-14,29H2,1H3,(H,30,31). The zero-order valence-electron chi connectivity index (χ0n) is 17.7. The van der Waals surface area contributed by atoms with Gasteiger partial charge in [0.15, 0.2) is 0 Å². The highest BCUT2D eigenvalue weighted by molar-refractivity contribution is 5.97. The molecule has 3 rings (SSSR count). The van der Waals surface area contributed by atoms with E-state index in [9.17, 15) is 22.4 Å². The fraction of sp³-hybridized carbons (Fsp3) is 0.208. The van der Waals surface area contributed by atoms with Crippen LogP contribution in [-0.2, 0) is 11.3 Å². The molecule has 0 radical (unpaired) electrons. The molecule has 0 bridgehead atoms. The summed E-state index contributed by atoms with van der Waals surface area (Å²) in [6, 6.07) is 11.8. The van der Waals surface area contributed by atoms with Crippen LogP contribution >= 0.6 is 0 Å². The molecule has 1 aliphatic rings. The molecule has 2 aromatic carbocycles. The van der Waals surface area contributed by atoms with Crippen molar-refractivity contribution in [3.63, 3.8) is 0 Å². The third-order valence-electron chi connectivity index (χ3n) is 4.80. The number of halogens is 4. The second-order valence-corrected chi connectivity index (χ2v) is 7.21. The Hall–Kier alpha value is -3.75. The van der Waals surface area contributed by atoms with Gasteiger partial charge in [-0.2, -0.15) is 0 Å². The number of hydrogen-bond acceptors (Lipinski definition) is 4. The summed E-state index contributed by atoms with van der Waals surface area (Å²) < 4.78 is 60.3. The summed E-state index contributed by atoms with van der Waals surface area (Å²) in [6.07, 6.45) is -1.47. The van der Waals surface area contributed by atoms with Crippen molar-refractivity contribution in [1.82, 2.24) is 5.32 Å². The van der Waals surface area contributed by atoms with Crippen LogP contribution < -0.4 is 20.5 Å². The molecule has 0 unspecified atom stereocenters. The van der Waals surface area contributed by atoms with Crippen LogP contribution in [-0.4, -0.2) is 12.3 Å². The predicted octanol–water partition coefficient (Wildman–Crippen LogP) is 5.80. The first kappa shape index (κ1) is 23.9. The molecule has 5 nitrogen and oxygen atoms in total. The van der Waals surface area contributed by atoms with E-state index >= 15 is 0 Å². The minimum atomic E-state index is -4.77. The van der Waals surface area contributed by atoms with E-state index in [0.29, 0.717) is 34.8 Å². The van der Waals surface area contributed by atoms with Crippen LogP contribution in [0.3, 0.4) is 0 Å². The van der Waals surface area contributed by atoms with Crippen LogP contribution in [0.15, 0.2) is 83.4 Å². The number of nitrogens with two attached hydrogens (primary N) is 1. The van der Waals surface area contributed by atoms with E-state index in [-0.39, 0.29) is 30.1 Å². The fourth-order valence-electron chi connectivity index (χ4n) is 3.15. The van der Waals surface area contributed by atoms with Crippen LogP contribution in [0.4, 0.5) is 17.6 Å². The van der Waals surface area contributed by atoms with Crippen LogP contribution in [0.25, 0.3) is 0 Å². The maximum absolute atomic E-state index is 14.0. The first-order chi connectivity index (χ1) is 15.6. The Morgan fingerprint density at radius 2 is 1.76 bits per heavy atom. The minimum absolute atomic E-state index is 0.162. The summed E-state index contributed by atoms with van der Waals surface area (Å²) in [5, 5.41) is 2.75. The Balaban J connectivity index is 1.61. The van der Waals surface area contributed by atoms with E-state index in [1.165, 1.54) is 24.3 Å². The van der Waals surface area contributed by atoms with Crippen molar-refractivity contribution in [3.8, 4) is 17.2 Å². The van der Waals surface area contributed by atoms with Gasteiger partial charge in [-0.3, -0.25) is 4.79 Å². The van der Waals surface area contributed by atoms with E-state index in [1.54, 1.807) is 24.3 Å². The van der Waals surface area contributed by atoms with Gasteiger partial charge in [0.1, 0.15) is 23.1 Å². The number of ether oxygens (including phenoxy) is 2. The van der Waals surface area contributed by atoms with Gasteiger partial charge in [0.25, 0.3) is 5.91 Å². The van der Waals surface area contributed by atoms with Crippen LogP contribution in [0.5, 0.6) is 17.2 Å². The van der Waals surface area contributed by atoms with Crippen molar-refractivity contribution in [2.75, 3.05) is 0 Å². The largest absolute Gasteiger partial charge is 0.573 e. The molecule has 0 aromatic heterocycles. The fourth-order valence-corrected chi connectivity index (χ4v) is 3.15. The highest BCUT2D eigenvalue weighted by Gasteiger charge is 2.31. The number of hydrogen-bond donors (Lipinski definition) is 2. The van der Waals surface area contributed by atoms with Crippen LogP contribution in [0, 0.1) is 0 Å². The molecule has 0 fully saturated rings. The number of carbonyl (C=O) groups excluding carboxylic acids is 1. The second-order valence-electron chi connectivity index (χ2n) is 7.21. The van der Waals surface area contributed by atoms with Gasteiger partial charge in [-0.05, 0) is 66.1 Å². The lowest BCUT2D eigenvalue weighted by molar-refractivity contribution is -0.274. The number of allylic oxidation sites excluding steroid dienone is 3. The van der Waals surface area contributed by atoms with Gasteiger partial charge in [-0.1, -0.05) is 19.1 Å². The topological polar surface area (TPSA) is 73.6 Å². The molecule has 9 heteroatoms. The Bertz CT molecular complexity index is 1100. The number of nitrogens with one attached hydrogen (secondary N) is 1. The Morgan fingerprint density at radius 1 is 1.06 bits per heavy atom. The lowest BCUT2D eigenvalue weighted by Crippen LogP contribution is -2.26. The van der Waals surface area contributed by atoms with Crippen molar-refractivity contribution in [3.05, 3.63) is 88.9 Å². The molecule has 1 aliphatic carbocycles. The van der Waals surface area contributed by atoms with Gasteiger partial charge in [0.05, 0.1) is 5.57 Å². The van der Waals surface area contributed by atoms with E-state index in [0.717, 1.165) is 12.1 Å². The molecule has 33 heavy (non-hydrogen) atoms.